The summed E-state index contributed by atoms with van der Waals surface area (Å²) in [5.41, 5.74) is 0.898. The van der Waals surface area contributed by atoms with Gasteiger partial charge in [-0.2, -0.15) is 4.98 Å². The summed E-state index contributed by atoms with van der Waals surface area (Å²) < 4.78 is 10.4. The minimum Gasteiger partial charge on any atom is -0.469 e. The van der Waals surface area contributed by atoms with E-state index in [2.05, 4.69) is 15.5 Å². The molecule has 5 heteroatoms. The van der Waals surface area contributed by atoms with Crippen LogP contribution in [-0.2, 0) is 6.42 Å². The second-order valence-corrected chi connectivity index (χ2v) is 4.38. The summed E-state index contributed by atoms with van der Waals surface area (Å²) in [6.45, 7) is 2.79. The number of nitrogens with zero attached hydrogens (tertiary/aromatic N) is 2. The zero-order valence-corrected chi connectivity index (χ0v) is 9.77. The van der Waals surface area contributed by atoms with Gasteiger partial charge in [0.15, 0.2) is 0 Å². The molecule has 0 bridgehead atoms. The molecule has 0 atom stereocenters. The van der Waals surface area contributed by atoms with Crippen LogP contribution in [-0.4, -0.2) is 22.7 Å². The molecule has 1 fully saturated rings. The summed E-state index contributed by atoms with van der Waals surface area (Å²) in [4.78, 5) is 4.35. The van der Waals surface area contributed by atoms with Gasteiger partial charge < -0.3 is 14.3 Å². The molecule has 0 saturated heterocycles. The maximum absolute atomic E-state index is 5.22. The average molecular weight is 233 g/mol. The van der Waals surface area contributed by atoms with Gasteiger partial charge in [-0.05, 0) is 25.8 Å². The van der Waals surface area contributed by atoms with Crippen molar-refractivity contribution in [3.05, 3.63) is 24.0 Å². The van der Waals surface area contributed by atoms with Crippen molar-refractivity contribution < 1.29 is 8.94 Å². The van der Waals surface area contributed by atoms with Crippen molar-refractivity contribution in [2.45, 2.75) is 32.2 Å². The molecule has 0 aliphatic heterocycles. The zero-order valence-electron chi connectivity index (χ0n) is 9.77. The molecule has 1 aliphatic rings. The van der Waals surface area contributed by atoms with Crippen LogP contribution in [0.2, 0.25) is 0 Å². The van der Waals surface area contributed by atoms with Crippen molar-refractivity contribution in [2.24, 2.45) is 0 Å². The van der Waals surface area contributed by atoms with Crippen molar-refractivity contribution in [3.63, 3.8) is 0 Å². The van der Waals surface area contributed by atoms with E-state index in [9.17, 15) is 0 Å². The molecular weight excluding hydrogens is 218 g/mol. The molecule has 3 rings (SSSR count). The van der Waals surface area contributed by atoms with E-state index >= 15 is 0 Å². The summed E-state index contributed by atoms with van der Waals surface area (Å²) in [5, 5.41) is 7.37. The van der Waals surface area contributed by atoms with Crippen LogP contribution >= 0.6 is 0 Å². The number of aromatic nitrogens is 2. The molecule has 0 aromatic carbocycles. The van der Waals surface area contributed by atoms with Gasteiger partial charge in [0.05, 0.1) is 11.8 Å². The lowest BCUT2D eigenvalue weighted by Gasteiger charge is -1.97. The van der Waals surface area contributed by atoms with E-state index in [1.165, 1.54) is 12.8 Å². The highest BCUT2D eigenvalue weighted by molar-refractivity contribution is 5.55. The predicted molar refractivity (Wildman–Crippen MR) is 61.5 cm³/mol. The molecule has 2 heterocycles. The fourth-order valence-corrected chi connectivity index (χ4v) is 1.75. The fraction of sp³-hybridized carbons (Fsp3) is 0.500. The van der Waals surface area contributed by atoms with Crippen molar-refractivity contribution in [2.75, 3.05) is 6.54 Å². The third kappa shape index (κ3) is 2.39. The molecule has 1 aliphatic carbocycles. The Morgan fingerprint density at radius 2 is 2.35 bits per heavy atom. The molecule has 0 unspecified atom stereocenters. The van der Waals surface area contributed by atoms with E-state index in [-0.39, 0.29) is 0 Å². The lowest BCUT2D eigenvalue weighted by Crippen LogP contribution is -2.19. The first kappa shape index (κ1) is 10.5. The molecule has 0 amide bonds. The number of hydrogen-bond donors (Lipinski definition) is 1. The number of rotatable bonds is 5. The topological polar surface area (TPSA) is 64.1 Å². The second-order valence-electron chi connectivity index (χ2n) is 4.38. The molecule has 90 valence electrons. The first-order valence-corrected chi connectivity index (χ1v) is 5.93. The molecule has 17 heavy (non-hydrogen) atoms. The molecule has 2 aromatic rings. The predicted octanol–water partition coefficient (Wildman–Crippen LogP) is 1.93. The Balaban J connectivity index is 1.63. The SMILES string of the molecule is Cc1occc1-c1noc(CCNC2CC2)n1. The van der Waals surface area contributed by atoms with Crippen LogP contribution in [0.1, 0.15) is 24.5 Å². The maximum atomic E-state index is 5.22. The van der Waals surface area contributed by atoms with Gasteiger partial charge in [-0.25, -0.2) is 0 Å². The first-order valence-electron chi connectivity index (χ1n) is 5.93. The monoisotopic (exact) mass is 233 g/mol. The average Bonchev–Trinajstić information content (AvgIpc) is 2.85. The van der Waals surface area contributed by atoms with Gasteiger partial charge in [0.1, 0.15) is 5.76 Å². The number of aryl methyl sites for hydroxylation is 1. The second kappa shape index (κ2) is 4.33. The number of hydrogen-bond acceptors (Lipinski definition) is 5. The first-order chi connectivity index (χ1) is 8.33. The van der Waals surface area contributed by atoms with E-state index in [4.69, 9.17) is 8.94 Å². The van der Waals surface area contributed by atoms with Crippen molar-refractivity contribution in [3.8, 4) is 11.4 Å². The Bertz CT molecular complexity index is 499. The number of furan rings is 1. The summed E-state index contributed by atoms with van der Waals surface area (Å²) in [6.07, 6.45) is 5.00. The van der Waals surface area contributed by atoms with Crippen LogP contribution in [0.15, 0.2) is 21.3 Å². The van der Waals surface area contributed by atoms with Crippen LogP contribution in [0.5, 0.6) is 0 Å². The Kier molecular flexibility index (Phi) is 2.68. The van der Waals surface area contributed by atoms with Crippen molar-refractivity contribution in [1.29, 1.82) is 0 Å². The van der Waals surface area contributed by atoms with Gasteiger partial charge in [-0.15, -0.1) is 0 Å². The van der Waals surface area contributed by atoms with Crippen LogP contribution in [0.3, 0.4) is 0 Å². The molecule has 5 nitrogen and oxygen atoms in total. The fourth-order valence-electron chi connectivity index (χ4n) is 1.75. The Morgan fingerprint density at radius 3 is 3.06 bits per heavy atom. The summed E-state index contributed by atoms with van der Waals surface area (Å²) in [6, 6.07) is 2.57. The van der Waals surface area contributed by atoms with E-state index in [0.29, 0.717) is 17.8 Å². The van der Waals surface area contributed by atoms with Crippen LogP contribution in [0, 0.1) is 6.92 Å². The van der Waals surface area contributed by atoms with Crippen molar-refractivity contribution in [1.82, 2.24) is 15.5 Å². The van der Waals surface area contributed by atoms with Gasteiger partial charge in [0.2, 0.25) is 11.7 Å². The number of nitrogens with one attached hydrogen (secondary N) is 1. The summed E-state index contributed by atoms with van der Waals surface area (Å²) in [7, 11) is 0. The van der Waals surface area contributed by atoms with Gasteiger partial charge in [0, 0.05) is 19.0 Å². The highest BCUT2D eigenvalue weighted by Gasteiger charge is 2.20. The molecule has 0 spiro atoms. The molecule has 1 N–H and O–H groups in total. The molecule has 2 aromatic heterocycles. The normalized spacial score (nSPS) is 15.4. The van der Waals surface area contributed by atoms with Gasteiger partial charge in [-0.3, -0.25) is 0 Å². The Hall–Kier alpha value is -1.62. The third-order valence-electron chi connectivity index (χ3n) is 2.92. The maximum Gasteiger partial charge on any atom is 0.228 e. The van der Waals surface area contributed by atoms with Crippen LogP contribution in [0.4, 0.5) is 0 Å². The summed E-state index contributed by atoms with van der Waals surface area (Å²) in [5.74, 6) is 2.10. The van der Waals surface area contributed by atoms with Crippen molar-refractivity contribution >= 4 is 0 Å². The molecule has 1 saturated carbocycles. The van der Waals surface area contributed by atoms with Gasteiger partial charge in [0.25, 0.3) is 0 Å². The highest BCUT2D eigenvalue weighted by Crippen LogP contribution is 2.21. The minimum atomic E-state index is 0.609. The van der Waals surface area contributed by atoms with Gasteiger partial charge in [-0.1, -0.05) is 5.16 Å². The molecular formula is C12H15N3O2. The lowest BCUT2D eigenvalue weighted by atomic mass is 10.2. The smallest absolute Gasteiger partial charge is 0.228 e. The lowest BCUT2D eigenvalue weighted by molar-refractivity contribution is 0.376. The van der Waals surface area contributed by atoms with E-state index in [1.54, 1.807) is 6.26 Å². The summed E-state index contributed by atoms with van der Waals surface area (Å²) >= 11 is 0. The standard InChI is InChI=1S/C12H15N3O2/c1-8-10(5-7-16-8)12-14-11(17-15-12)4-6-13-9-2-3-9/h5,7,9,13H,2-4,6H2,1H3. The van der Waals surface area contributed by atoms with E-state index < -0.39 is 0 Å². The third-order valence-corrected chi connectivity index (χ3v) is 2.92. The van der Waals surface area contributed by atoms with Crippen LogP contribution in [0.25, 0.3) is 11.4 Å². The van der Waals surface area contributed by atoms with Gasteiger partial charge >= 0.3 is 0 Å². The largest absolute Gasteiger partial charge is 0.469 e. The molecule has 0 radical (unpaired) electrons. The van der Waals surface area contributed by atoms with E-state index in [1.807, 2.05) is 13.0 Å². The van der Waals surface area contributed by atoms with Crippen LogP contribution < -0.4 is 5.32 Å². The van der Waals surface area contributed by atoms with E-state index in [0.717, 1.165) is 24.3 Å². The quantitative estimate of drug-likeness (QED) is 0.854. The zero-order chi connectivity index (χ0) is 11.7. The minimum absolute atomic E-state index is 0.609. The Morgan fingerprint density at radius 1 is 1.47 bits per heavy atom. The Labute approximate surface area is 99.2 Å². The highest BCUT2D eigenvalue weighted by atomic mass is 16.5.